The Kier molecular flexibility index (Phi) is 4.28. The molecule has 1 saturated carbocycles. The van der Waals surface area contributed by atoms with Crippen LogP contribution in [0.1, 0.15) is 36.0 Å². The standard InChI is InChI=1S/C13H14BrClFNO/c14-8-13(6-1-2-7-13)17-12(18)9-4-3-5-10(16)11(9)15/h3-5H,1-2,6-8H2,(H,17,18). The van der Waals surface area contributed by atoms with Crippen LogP contribution in [0.4, 0.5) is 4.39 Å². The molecule has 1 aliphatic rings. The van der Waals surface area contributed by atoms with Gasteiger partial charge in [0.1, 0.15) is 5.82 Å². The van der Waals surface area contributed by atoms with Gasteiger partial charge in [-0.3, -0.25) is 4.79 Å². The number of carbonyl (C=O) groups excluding carboxylic acids is 1. The maximum absolute atomic E-state index is 13.3. The lowest BCUT2D eigenvalue weighted by Crippen LogP contribution is -2.47. The zero-order chi connectivity index (χ0) is 13.2. The number of hydrogen-bond donors (Lipinski definition) is 1. The van der Waals surface area contributed by atoms with Crippen molar-refractivity contribution in [1.29, 1.82) is 0 Å². The number of amides is 1. The Labute approximate surface area is 119 Å². The summed E-state index contributed by atoms with van der Waals surface area (Å²) in [6, 6.07) is 4.28. The first-order valence-electron chi connectivity index (χ1n) is 5.90. The minimum Gasteiger partial charge on any atom is -0.346 e. The van der Waals surface area contributed by atoms with Gasteiger partial charge in [-0.15, -0.1) is 0 Å². The smallest absolute Gasteiger partial charge is 0.253 e. The van der Waals surface area contributed by atoms with E-state index in [1.165, 1.54) is 18.2 Å². The molecule has 0 unspecified atom stereocenters. The Hall–Kier alpha value is -0.610. The van der Waals surface area contributed by atoms with Crippen LogP contribution in [0.25, 0.3) is 0 Å². The van der Waals surface area contributed by atoms with Gasteiger partial charge in [-0.25, -0.2) is 4.39 Å². The molecule has 0 aromatic heterocycles. The highest BCUT2D eigenvalue weighted by atomic mass is 79.9. The predicted octanol–water partition coefficient (Wildman–Crippen LogP) is 3.92. The fourth-order valence-electron chi connectivity index (χ4n) is 2.33. The van der Waals surface area contributed by atoms with E-state index in [1.54, 1.807) is 0 Å². The van der Waals surface area contributed by atoms with Crippen LogP contribution in [0.5, 0.6) is 0 Å². The van der Waals surface area contributed by atoms with Gasteiger partial charge in [-0.1, -0.05) is 46.4 Å². The largest absolute Gasteiger partial charge is 0.346 e. The maximum atomic E-state index is 13.3. The minimum atomic E-state index is -0.566. The molecule has 0 spiro atoms. The lowest BCUT2D eigenvalue weighted by atomic mass is 10.00. The van der Waals surface area contributed by atoms with Crippen LogP contribution in [0.15, 0.2) is 18.2 Å². The molecule has 0 aliphatic heterocycles. The molecular weight excluding hydrogens is 321 g/mol. The monoisotopic (exact) mass is 333 g/mol. The molecule has 0 heterocycles. The minimum absolute atomic E-state index is 0.113. The van der Waals surface area contributed by atoms with Crippen molar-refractivity contribution in [1.82, 2.24) is 5.32 Å². The van der Waals surface area contributed by atoms with Crippen LogP contribution in [0, 0.1) is 5.82 Å². The van der Waals surface area contributed by atoms with Gasteiger partial charge in [0.05, 0.1) is 16.1 Å². The molecule has 0 saturated heterocycles. The summed E-state index contributed by atoms with van der Waals surface area (Å²) < 4.78 is 13.3. The number of halogens is 3. The quantitative estimate of drug-likeness (QED) is 0.834. The number of alkyl halides is 1. The average molecular weight is 335 g/mol. The molecule has 2 rings (SSSR count). The molecule has 1 fully saturated rings. The summed E-state index contributed by atoms with van der Waals surface area (Å²) in [6.07, 6.45) is 4.08. The normalized spacial score (nSPS) is 17.7. The van der Waals surface area contributed by atoms with Crippen molar-refractivity contribution in [3.05, 3.63) is 34.6 Å². The third kappa shape index (κ3) is 2.69. The van der Waals surface area contributed by atoms with Crippen molar-refractivity contribution in [2.24, 2.45) is 0 Å². The van der Waals surface area contributed by atoms with Crippen molar-refractivity contribution in [3.8, 4) is 0 Å². The van der Waals surface area contributed by atoms with Gasteiger partial charge in [0.2, 0.25) is 0 Å². The highest BCUT2D eigenvalue weighted by Gasteiger charge is 2.34. The van der Waals surface area contributed by atoms with E-state index < -0.39 is 5.82 Å². The molecule has 1 aromatic rings. The van der Waals surface area contributed by atoms with Gasteiger partial charge < -0.3 is 5.32 Å². The first-order chi connectivity index (χ1) is 8.58. The maximum Gasteiger partial charge on any atom is 0.253 e. The van der Waals surface area contributed by atoms with Crippen LogP contribution in [-0.2, 0) is 0 Å². The Morgan fingerprint density at radius 3 is 2.72 bits per heavy atom. The molecule has 2 nitrogen and oxygen atoms in total. The van der Waals surface area contributed by atoms with Gasteiger partial charge >= 0.3 is 0 Å². The Balaban J connectivity index is 2.19. The summed E-state index contributed by atoms with van der Waals surface area (Å²) >= 11 is 9.26. The van der Waals surface area contributed by atoms with Crippen LogP contribution < -0.4 is 5.32 Å². The highest BCUT2D eigenvalue weighted by molar-refractivity contribution is 9.09. The summed E-state index contributed by atoms with van der Waals surface area (Å²) in [5.74, 6) is -0.871. The fourth-order valence-corrected chi connectivity index (χ4v) is 3.24. The van der Waals surface area contributed by atoms with E-state index in [9.17, 15) is 9.18 Å². The van der Waals surface area contributed by atoms with Gasteiger partial charge in [0.25, 0.3) is 5.91 Å². The number of hydrogen-bond acceptors (Lipinski definition) is 1. The van der Waals surface area contributed by atoms with Crippen molar-refractivity contribution in [2.75, 3.05) is 5.33 Å². The lowest BCUT2D eigenvalue weighted by molar-refractivity contribution is 0.0910. The van der Waals surface area contributed by atoms with Crippen LogP contribution in [0.2, 0.25) is 5.02 Å². The third-order valence-corrected chi connectivity index (χ3v) is 4.85. The van der Waals surface area contributed by atoms with Crippen molar-refractivity contribution in [2.45, 2.75) is 31.2 Å². The van der Waals surface area contributed by atoms with Crippen LogP contribution in [0.3, 0.4) is 0 Å². The van der Waals surface area contributed by atoms with E-state index >= 15 is 0 Å². The highest BCUT2D eigenvalue weighted by Crippen LogP contribution is 2.32. The second kappa shape index (κ2) is 5.57. The van der Waals surface area contributed by atoms with Gasteiger partial charge in [0.15, 0.2) is 0 Å². The van der Waals surface area contributed by atoms with Crippen LogP contribution in [-0.4, -0.2) is 16.8 Å². The van der Waals surface area contributed by atoms with E-state index in [0.717, 1.165) is 25.7 Å². The van der Waals surface area contributed by atoms with E-state index in [2.05, 4.69) is 21.2 Å². The molecule has 1 aromatic carbocycles. The predicted molar refractivity (Wildman–Crippen MR) is 73.9 cm³/mol. The molecule has 0 radical (unpaired) electrons. The summed E-state index contributed by atoms with van der Waals surface area (Å²) in [6.45, 7) is 0. The second-order valence-electron chi connectivity index (χ2n) is 4.68. The lowest BCUT2D eigenvalue weighted by Gasteiger charge is -2.28. The van der Waals surface area contributed by atoms with E-state index in [4.69, 9.17) is 11.6 Å². The Bertz CT molecular complexity index is 460. The zero-order valence-corrected chi connectivity index (χ0v) is 12.2. The summed E-state index contributed by atoms with van der Waals surface area (Å²) in [5, 5.41) is 3.58. The molecule has 0 bridgehead atoms. The van der Waals surface area contributed by atoms with E-state index in [-0.39, 0.29) is 22.0 Å². The van der Waals surface area contributed by atoms with Gasteiger partial charge in [-0.2, -0.15) is 0 Å². The Morgan fingerprint density at radius 2 is 2.11 bits per heavy atom. The number of rotatable bonds is 3. The fraction of sp³-hybridized carbons (Fsp3) is 0.462. The average Bonchev–Trinajstić information content (AvgIpc) is 2.81. The first-order valence-corrected chi connectivity index (χ1v) is 7.40. The topological polar surface area (TPSA) is 29.1 Å². The van der Waals surface area contributed by atoms with Crippen molar-refractivity contribution < 1.29 is 9.18 Å². The number of benzene rings is 1. The van der Waals surface area contributed by atoms with Crippen LogP contribution >= 0.6 is 27.5 Å². The SMILES string of the molecule is O=C(NC1(CBr)CCCC1)c1cccc(F)c1Cl. The Morgan fingerprint density at radius 1 is 1.44 bits per heavy atom. The molecular formula is C13H14BrClFNO. The second-order valence-corrected chi connectivity index (χ2v) is 5.62. The summed E-state index contributed by atoms with van der Waals surface area (Å²) in [5.41, 5.74) is -0.0175. The number of nitrogens with one attached hydrogen (secondary N) is 1. The molecule has 1 amide bonds. The zero-order valence-electron chi connectivity index (χ0n) is 9.81. The van der Waals surface area contributed by atoms with Crippen molar-refractivity contribution >= 4 is 33.4 Å². The van der Waals surface area contributed by atoms with Gasteiger partial charge in [-0.05, 0) is 25.0 Å². The van der Waals surface area contributed by atoms with E-state index in [1.807, 2.05) is 0 Å². The molecule has 1 N–H and O–H groups in total. The molecule has 5 heteroatoms. The van der Waals surface area contributed by atoms with Crippen molar-refractivity contribution in [3.63, 3.8) is 0 Å². The number of carbonyl (C=O) groups is 1. The molecule has 98 valence electrons. The molecule has 1 aliphatic carbocycles. The van der Waals surface area contributed by atoms with E-state index in [0.29, 0.717) is 5.33 Å². The summed E-state index contributed by atoms with van der Waals surface area (Å²) in [4.78, 5) is 12.2. The molecule has 0 atom stereocenters. The summed E-state index contributed by atoms with van der Waals surface area (Å²) in [7, 11) is 0. The molecule has 18 heavy (non-hydrogen) atoms. The third-order valence-electron chi connectivity index (χ3n) is 3.39. The first kappa shape index (κ1) is 13.8. The van der Waals surface area contributed by atoms with Gasteiger partial charge in [0, 0.05) is 5.33 Å².